The summed E-state index contributed by atoms with van der Waals surface area (Å²) >= 11 is 11.9. The lowest BCUT2D eigenvalue weighted by atomic mass is 9.77. The number of nitrogens with one attached hydrogen (secondary N) is 2. The van der Waals surface area contributed by atoms with Gasteiger partial charge in [0, 0.05) is 15.6 Å². The van der Waals surface area contributed by atoms with Crippen molar-refractivity contribution in [1.29, 1.82) is 0 Å². The van der Waals surface area contributed by atoms with E-state index in [9.17, 15) is 32.3 Å². The summed E-state index contributed by atoms with van der Waals surface area (Å²) in [6.45, 7) is 0. The van der Waals surface area contributed by atoms with E-state index >= 15 is 0 Å². The molecule has 1 saturated heterocycles. The molecule has 29 heavy (non-hydrogen) atoms. The highest BCUT2D eigenvalue weighted by Crippen LogP contribution is 2.45. The molecule has 3 N–H and O–H groups in total. The highest BCUT2D eigenvalue weighted by Gasteiger charge is 2.66. The number of carbonyl (C=O) groups is 2. The predicted molar refractivity (Wildman–Crippen MR) is 96.1 cm³/mol. The first-order chi connectivity index (χ1) is 13.4. The molecule has 154 valence electrons. The first-order valence-electron chi connectivity index (χ1n) is 8.06. The average Bonchev–Trinajstić information content (AvgIpc) is 2.60. The molecule has 2 amide bonds. The van der Waals surface area contributed by atoms with Crippen LogP contribution in [0.3, 0.4) is 0 Å². The van der Waals surface area contributed by atoms with Crippen molar-refractivity contribution in [3.63, 3.8) is 0 Å². The van der Waals surface area contributed by atoms with Gasteiger partial charge in [-0.05, 0) is 42.0 Å². The fourth-order valence-electron chi connectivity index (χ4n) is 3.15. The van der Waals surface area contributed by atoms with E-state index in [-0.39, 0.29) is 21.2 Å². The van der Waals surface area contributed by atoms with Gasteiger partial charge in [0.1, 0.15) is 11.7 Å². The van der Waals surface area contributed by atoms with Crippen LogP contribution in [0.2, 0.25) is 10.0 Å². The Morgan fingerprint density at radius 1 is 1.10 bits per heavy atom. The number of alkyl halides is 3. The number of rotatable bonds is 3. The number of amides is 2. The molecule has 0 saturated carbocycles. The lowest BCUT2D eigenvalue weighted by Gasteiger charge is -2.45. The van der Waals surface area contributed by atoms with Crippen LogP contribution in [0.25, 0.3) is 0 Å². The van der Waals surface area contributed by atoms with Crippen molar-refractivity contribution < 1.29 is 32.3 Å². The minimum atomic E-state index is -5.41. The summed E-state index contributed by atoms with van der Waals surface area (Å²) in [6.07, 6.45) is -5.41. The molecule has 0 aliphatic carbocycles. The minimum Gasteiger partial charge on any atom is -0.363 e. The molecule has 0 spiro atoms. The molecule has 1 heterocycles. The Kier molecular flexibility index (Phi) is 5.50. The number of ketones is 1. The van der Waals surface area contributed by atoms with Gasteiger partial charge in [-0.1, -0.05) is 29.3 Å². The lowest BCUT2D eigenvalue weighted by Crippen LogP contribution is -2.72. The van der Waals surface area contributed by atoms with Crippen LogP contribution in [0.4, 0.5) is 22.4 Å². The smallest absolute Gasteiger partial charge is 0.363 e. The summed E-state index contributed by atoms with van der Waals surface area (Å²) in [7, 11) is 0. The molecule has 11 heteroatoms. The van der Waals surface area contributed by atoms with Gasteiger partial charge in [-0.25, -0.2) is 9.18 Å². The van der Waals surface area contributed by atoms with Gasteiger partial charge in [0.05, 0.1) is 6.04 Å². The van der Waals surface area contributed by atoms with E-state index in [1.807, 2.05) is 0 Å². The number of Topliss-reactive ketones (excluding diaryl/α,β-unsaturated/α-hetero) is 1. The maximum Gasteiger partial charge on any atom is 0.437 e. The third kappa shape index (κ3) is 3.90. The Morgan fingerprint density at radius 3 is 2.28 bits per heavy atom. The van der Waals surface area contributed by atoms with Crippen LogP contribution in [-0.2, 0) is 0 Å². The van der Waals surface area contributed by atoms with Crippen LogP contribution in [0.1, 0.15) is 22.0 Å². The van der Waals surface area contributed by atoms with Gasteiger partial charge >= 0.3 is 12.2 Å². The van der Waals surface area contributed by atoms with E-state index in [1.165, 1.54) is 23.5 Å². The summed E-state index contributed by atoms with van der Waals surface area (Å²) < 4.78 is 54.5. The molecule has 0 unspecified atom stereocenters. The molecule has 1 aliphatic heterocycles. The average molecular weight is 451 g/mol. The molecule has 0 bridgehead atoms. The van der Waals surface area contributed by atoms with Crippen molar-refractivity contribution in [3.05, 3.63) is 69.5 Å². The number of aliphatic hydroxyl groups is 1. The molecule has 5 nitrogen and oxygen atoms in total. The van der Waals surface area contributed by atoms with Crippen LogP contribution in [-0.4, -0.2) is 28.8 Å². The van der Waals surface area contributed by atoms with E-state index < -0.39 is 41.5 Å². The van der Waals surface area contributed by atoms with Crippen molar-refractivity contribution in [2.24, 2.45) is 5.92 Å². The van der Waals surface area contributed by atoms with Crippen molar-refractivity contribution in [2.45, 2.75) is 17.9 Å². The number of hydrogen-bond donors (Lipinski definition) is 3. The van der Waals surface area contributed by atoms with Crippen LogP contribution < -0.4 is 10.6 Å². The predicted octanol–water partition coefficient (Wildman–Crippen LogP) is 4.24. The van der Waals surface area contributed by atoms with Gasteiger partial charge < -0.3 is 15.7 Å². The summed E-state index contributed by atoms with van der Waals surface area (Å²) in [6, 6.07) is 4.49. The SMILES string of the molecule is O=C1N[C@H](c2ccc(Cl)cc2Cl)[C@@H](C(=O)c2ccc(F)cc2)[C@](O)(C(F)(F)F)N1. The van der Waals surface area contributed by atoms with Gasteiger partial charge in [-0.3, -0.25) is 4.79 Å². The third-order valence-corrected chi connectivity index (χ3v) is 5.08. The zero-order valence-electron chi connectivity index (χ0n) is 14.2. The topological polar surface area (TPSA) is 78.4 Å². The normalized spacial score (nSPS) is 24.6. The van der Waals surface area contributed by atoms with Crippen LogP contribution in [0.15, 0.2) is 42.5 Å². The summed E-state index contributed by atoms with van der Waals surface area (Å²) in [5, 5.41) is 14.1. The number of benzene rings is 2. The van der Waals surface area contributed by atoms with E-state index in [0.717, 1.165) is 24.3 Å². The molecule has 0 radical (unpaired) electrons. The van der Waals surface area contributed by atoms with Crippen LogP contribution in [0.5, 0.6) is 0 Å². The van der Waals surface area contributed by atoms with E-state index in [4.69, 9.17) is 23.2 Å². The Morgan fingerprint density at radius 2 is 1.72 bits per heavy atom. The van der Waals surface area contributed by atoms with Gasteiger partial charge in [0.2, 0.25) is 5.72 Å². The largest absolute Gasteiger partial charge is 0.437 e. The maximum atomic E-state index is 13.8. The lowest BCUT2D eigenvalue weighted by molar-refractivity contribution is -0.287. The van der Waals surface area contributed by atoms with Crippen LogP contribution in [0, 0.1) is 11.7 Å². The van der Waals surface area contributed by atoms with Crippen molar-refractivity contribution in [3.8, 4) is 0 Å². The van der Waals surface area contributed by atoms with Crippen LogP contribution >= 0.6 is 23.2 Å². The number of halogens is 6. The molecule has 2 aromatic rings. The molecule has 3 rings (SSSR count). The minimum absolute atomic E-state index is 0.0611. The molecule has 0 aromatic heterocycles. The Hall–Kier alpha value is -2.36. The maximum absolute atomic E-state index is 13.8. The summed E-state index contributed by atoms with van der Waals surface area (Å²) in [4.78, 5) is 24.9. The van der Waals surface area contributed by atoms with Gasteiger partial charge in [-0.15, -0.1) is 0 Å². The summed E-state index contributed by atoms with van der Waals surface area (Å²) in [5.74, 6) is -4.17. The van der Waals surface area contributed by atoms with Crippen molar-refractivity contribution >= 4 is 35.0 Å². The first-order valence-corrected chi connectivity index (χ1v) is 8.82. The molecular formula is C18H12Cl2F4N2O3. The van der Waals surface area contributed by atoms with Gasteiger partial charge in [0.15, 0.2) is 5.78 Å². The number of carbonyl (C=O) groups excluding carboxylic acids is 2. The van der Waals surface area contributed by atoms with E-state index in [0.29, 0.717) is 0 Å². The third-order valence-electron chi connectivity index (χ3n) is 4.52. The monoisotopic (exact) mass is 450 g/mol. The molecule has 1 fully saturated rings. The second kappa shape index (κ2) is 7.47. The number of hydrogen-bond acceptors (Lipinski definition) is 3. The molecule has 2 aromatic carbocycles. The fraction of sp³-hybridized carbons (Fsp3) is 0.222. The highest BCUT2D eigenvalue weighted by atomic mass is 35.5. The number of urea groups is 1. The van der Waals surface area contributed by atoms with Crippen molar-refractivity contribution in [2.75, 3.05) is 0 Å². The van der Waals surface area contributed by atoms with Gasteiger partial charge in [0.25, 0.3) is 0 Å². The first kappa shape index (κ1) is 21.4. The zero-order valence-corrected chi connectivity index (χ0v) is 15.7. The Labute approximate surface area is 171 Å². The van der Waals surface area contributed by atoms with Gasteiger partial charge in [-0.2, -0.15) is 13.2 Å². The zero-order chi connectivity index (χ0) is 21.6. The molecule has 3 atom stereocenters. The Balaban J connectivity index is 2.19. The Bertz CT molecular complexity index is 969. The molecule has 1 aliphatic rings. The highest BCUT2D eigenvalue weighted by molar-refractivity contribution is 6.35. The van der Waals surface area contributed by atoms with E-state index in [2.05, 4.69) is 5.32 Å². The standard InChI is InChI=1S/C18H12Cl2F4N2O3/c19-9-3-6-11(12(20)7-9)14-13(15(27)8-1-4-10(21)5-2-8)17(29,18(22,23)24)26-16(28)25-14/h1-7,13-14,29H,(H2,25,26,28)/t13-,14+,17-/m0/s1. The quantitative estimate of drug-likeness (QED) is 0.483. The second-order valence-corrected chi connectivity index (χ2v) is 7.20. The molecular weight excluding hydrogens is 439 g/mol. The summed E-state index contributed by atoms with van der Waals surface area (Å²) in [5.41, 5.74) is -4.27. The fourth-order valence-corrected chi connectivity index (χ4v) is 3.67. The van der Waals surface area contributed by atoms with E-state index in [1.54, 1.807) is 0 Å². The second-order valence-electron chi connectivity index (χ2n) is 6.35. The van der Waals surface area contributed by atoms with Crippen molar-refractivity contribution in [1.82, 2.24) is 10.6 Å².